The highest BCUT2D eigenvalue weighted by molar-refractivity contribution is 5.76. The minimum Gasteiger partial charge on any atom is -0.497 e. The number of hydrogen-bond donors (Lipinski definition) is 0. The van der Waals surface area contributed by atoms with Gasteiger partial charge in [0, 0.05) is 32.6 Å². The molecule has 0 atom stereocenters. The third-order valence-electron chi connectivity index (χ3n) is 6.13. The number of rotatable bonds is 6. The molecule has 2 aromatic rings. The van der Waals surface area contributed by atoms with Gasteiger partial charge in [-0.25, -0.2) is 0 Å². The number of carbonyl (C=O) groups excluding carboxylic acids is 1. The van der Waals surface area contributed by atoms with Gasteiger partial charge < -0.3 is 9.64 Å². The van der Waals surface area contributed by atoms with E-state index in [1.165, 1.54) is 32.1 Å². The second-order valence-corrected chi connectivity index (χ2v) is 8.07. The molecule has 0 radical (unpaired) electrons. The Morgan fingerprint density at radius 2 is 1.79 bits per heavy atom. The first-order valence-corrected chi connectivity index (χ1v) is 10.6. The van der Waals surface area contributed by atoms with E-state index in [9.17, 15) is 4.79 Å². The van der Waals surface area contributed by atoms with Crippen LogP contribution in [0.5, 0.6) is 5.75 Å². The van der Waals surface area contributed by atoms with Crippen LogP contribution in [0.2, 0.25) is 0 Å². The monoisotopic (exact) mass is 398 g/mol. The molecule has 1 aliphatic carbocycles. The topological polar surface area (TPSA) is 76.4 Å². The highest BCUT2D eigenvalue weighted by Gasteiger charge is 2.25. The summed E-state index contributed by atoms with van der Waals surface area (Å²) in [5.41, 5.74) is 0.909. The van der Waals surface area contributed by atoms with Gasteiger partial charge in [0.2, 0.25) is 5.91 Å². The second-order valence-electron chi connectivity index (χ2n) is 8.07. The van der Waals surface area contributed by atoms with Crippen molar-refractivity contribution in [1.29, 1.82) is 0 Å². The summed E-state index contributed by atoms with van der Waals surface area (Å²) >= 11 is 0. The summed E-state index contributed by atoms with van der Waals surface area (Å²) < 4.78 is 6.98. The molecule has 1 aromatic heterocycles. The maximum atomic E-state index is 12.6. The van der Waals surface area contributed by atoms with Crippen molar-refractivity contribution in [3.63, 3.8) is 0 Å². The number of benzene rings is 1. The normalized spacial score (nSPS) is 18.7. The zero-order valence-corrected chi connectivity index (χ0v) is 17.2. The number of ether oxygens (including phenoxy) is 1. The molecule has 8 nitrogen and oxygen atoms in total. The Bertz CT molecular complexity index is 792. The van der Waals surface area contributed by atoms with E-state index < -0.39 is 0 Å². The molecule has 2 aliphatic rings. The van der Waals surface area contributed by atoms with E-state index in [-0.39, 0.29) is 0 Å². The van der Waals surface area contributed by atoms with Gasteiger partial charge in [0.1, 0.15) is 5.75 Å². The predicted octanol–water partition coefficient (Wildman–Crippen LogP) is 2.29. The van der Waals surface area contributed by atoms with Gasteiger partial charge in [0.05, 0.1) is 19.3 Å². The van der Waals surface area contributed by atoms with Gasteiger partial charge in [-0.2, -0.15) is 4.68 Å². The van der Waals surface area contributed by atoms with Gasteiger partial charge in [-0.15, -0.1) is 5.10 Å². The van der Waals surface area contributed by atoms with Crippen LogP contribution >= 0.6 is 0 Å². The molecule has 0 unspecified atom stereocenters. The molecular formula is C21H30N6O2. The molecule has 0 N–H and O–H groups in total. The van der Waals surface area contributed by atoms with Crippen LogP contribution < -0.4 is 4.74 Å². The molecule has 156 valence electrons. The average molecular weight is 399 g/mol. The Hall–Kier alpha value is -2.48. The van der Waals surface area contributed by atoms with Crippen LogP contribution in [0.4, 0.5) is 0 Å². The molecule has 1 amide bonds. The van der Waals surface area contributed by atoms with Crippen LogP contribution in [0, 0.1) is 5.92 Å². The second kappa shape index (κ2) is 9.35. The third kappa shape index (κ3) is 4.93. The van der Waals surface area contributed by atoms with Crippen molar-refractivity contribution < 1.29 is 9.53 Å². The third-order valence-corrected chi connectivity index (χ3v) is 6.13. The van der Waals surface area contributed by atoms with Gasteiger partial charge in [-0.1, -0.05) is 19.3 Å². The van der Waals surface area contributed by atoms with Gasteiger partial charge in [-0.3, -0.25) is 9.69 Å². The molecule has 1 saturated carbocycles. The van der Waals surface area contributed by atoms with Crippen LogP contribution in [0.1, 0.15) is 44.3 Å². The first kappa shape index (κ1) is 19.8. The SMILES string of the molecule is COc1ccc(-n2nnnc2CN2CCN(C(=O)CC3CCCCC3)CC2)cc1. The molecule has 4 rings (SSSR count). The molecule has 1 saturated heterocycles. The number of hydrogen-bond acceptors (Lipinski definition) is 6. The predicted molar refractivity (Wildman–Crippen MR) is 109 cm³/mol. The van der Waals surface area contributed by atoms with Gasteiger partial charge >= 0.3 is 0 Å². The van der Waals surface area contributed by atoms with Gasteiger partial charge in [0.25, 0.3) is 0 Å². The van der Waals surface area contributed by atoms with Crippen LogP contribution in [-0.2, 0) is 11.3 Å². The van der Waals surface area contributed by atoms with Crippen molar-refractivity contribution in [2.45, 2.75) is 45.1 Å². The molecule has 1 aliphatic heterocycles. The molecule has 2 fully saturated rings. The zero-order chi connectivity index (χ0) is 20.1. The molecule has 0 spiro atoms. The highest BCUT2D eigenvalue weighted by Crippen LogP contribution is 2.27. The number of aromatic nitrogens is 4. The Labute approximate surface area is 171 Å². The largest absolute Gasteiger partial charge is 0.497 e. The highest BCUT2D eigenvalue weighted by atomic mass is 16.5. The fraction of sp³-hybridized carbons (Fsp3) is 0.619. The number of tetrazole rings is 1. The molecule has 1 aromatic carbocycles. The van der Waals surface area contributed by atoms with Gasteiger partial charge in [0.15, 0.2) is 5.82 Å². The summed E-state index contributed by atoms with van der Waals surface area (Å²) in [4.78, 5) is 17.0. The lowest BCUT2D eigenvalue weighted by Gasteiger charge is -2.35. The number of piperazine rings is 1. The Morgan fingerprint density at radius 3 is 2.48 bits per heavy atom. The Morgan fingerprint density at radius 1 is 1.07 bits per heavy atom. The fourth-order valence-corrected chi connectivity index (χ4v) is 4.35. The lowest BCUT2D eigenvalue weighted by atomic mass is 9.86. The van der Waals surface area contributed by atoms with Crippen molar-refractivity contribution in [2.24, 2.45) is 5.92 Å². The summed E-state index contributed by atoms with van der Waals surface area (Å²) in [6.45, 7) is 3.95. The van der Waals surface area contributed by atoms with Crippen molar-refractivity contribution in [2.75, 3.05) is 33.3 Å². The number of carbonyl (C=O) groups is 1. The van der Waals surface area contributed by atoms with E-state index in [1.807, 2.05) is 29.2 Å². The van der Waals surface area contributed by atoms with E-state index in [4.69, 9.17) is 4.74 Å². The number of amides is 1. The summed E-state index contributed by atoms with van der Waals surface area (Å²) in [6, 6.07) is 7.69. The summed E-state index contributed by atoms with van der Waals surface area (Å²) in [5, 5.41) is 12.2. The first-order chi connectivity index (χ1) is 14.2. The Kier molecular flexibility index (Phi) is 6.39. The van der Waals surface area contributed by atoms with Crippen LogP contribution in [-0.4, -0.2) is 69.2 Å². The molecule has 0 bridgehead atoms. The molecular weight excluding hydrogens is 368 g/mol. The van der Waals surface area contributed by atoms with Crippen molar-refractivity contribution >= 4 is 5.91 Å². The lowest BCUT2D eigenvalue weighted by molar-refractivity contribution is -0.134. The first-order valence-electron chi connectivity index (χ1n) is 10.6. The Balaban J connectivity index is 1.30. The minimum absolute atomic E-state index is 0.333. The number of methoxy groups -OCH3 is 1. The van der Waals surface area contributed by atoms with E-state index in [0.717, 1.165) is 49.9 Å². The lowest BCUT2D eigenvalue weighted by Crippen LogP contribution is -2.48. The van der Waals surface area contributed by atoms with Crippen LogP contribution in [0.25, 0.3) is 5.69 Å². The minimum atomic E-state index is 0.333. The van der Waals surface area contributed by atoms with Crippen LogP contribution in [0.3, 0.4) is 0 Å². The summed E-state index contributed by atoms with van der Waals surface area (Å²) in [5.74, 6) is 2.54. The molecule has 8 heteroatoms. The maximum Gasteiger partial charge on any atom is 0.222 e. The maximum absolute atomic E-state index is 12.6. The van der Waals surface area contributed by atoms with E-state index >= 15 is 0 Å². The summed E-state index contributed by atoms with van der Waals surface area (Å²) in [7, 11) is 1.65. The quantitative estimate of drug-likeness (QED) is 0.743. The molecule has 2 heterocycles. The standard InChI is InChI=1S/C21H30N6O2/c1-29-19-9-7-18(8-10-19)27-20(22-23-24-27)16-25-11-13-26(14-12-25)21(28)15-17-5-3-2-4-6-17/h7-10,17H,2-6,11-16H2,1H3. The fourth-order valence-electron chi connectivity index (χ4n) is 4.35. The van der Waals surface area contributed by atoms with E-state index in [0.29, 0.717) is 18.4 Å². The smallest absolute Gasteiger partial charge is 0.222 e. The zero-order valence-electron chi connectivity index (χ0n) is 17.2. The average Bonchev–Trinajstić information content (AvgIpc) is 3.23. The summed E-state index contributed by atoms with van der Waals surface area (Å²) in [6.07, 6.45) is 7.08. The van der Waals surface area contributed by atoms with Crippen molar-refractivity contribution in [3.8, 4) is 11.4 Å². The van der Waals surface area contributed by atoms with Gasteiger partial charge in [-0.05, 0) is 53.5 Å². The number of nitrogens with zero attached hydrogens (tertiary/aromatic N) is 6. The molecule has 29 heavy (non-hydrogen) atoms. The van der Waals surface area contributed by atoms with E-state index in [2.05, 4.69) is 20.4 Å². The van der Waals surface area contributed by atoms with E-state index in [1.54, 1.807) is 11.8 Å². The van der Waals surface area contributed by atoms with Crippen LogP contribution in [0.15, 0.2) is 24.3 Å². The van der Waals surface area contributed by atoms with Crippen molar-refractivity contribution in [1.82, 2.24) is 30.0 Å². The van der Waals surface area contributed by atoms with Crippen molar-refractivity contribution in [3.05, 3.63) is 30.1 Å².